The monoisotopic (exact) mass is 406 g/mol. The second kappa shape index (κ2) is 11.1. The average Bonchev–Trinajstić information content (AvgIpc) is 2.78. The van der Waals surface area contributed by atoms with Crippen LogP contribution in [-0.2, 0) is 12.8 Å². The van der Waals surface area contributed by atoms with E-state index < -0.39 is 0 Å². The third kappa shape index (κ3) is 5.92. The van der Waals surface area contributed by atoms with Crippen molar-refractivity contribution in [3.8, 4) is 0 Å². The van der Waals surface area contributed by atoms with Crippen LogP contribution in [0.5, 0.6) is 0 Å². The number of fused-ring (bicyclic) bond motifs is 3. The van der Waals surface area contributed by atoms with Gasteiger partial charge in [0.05, 0.1) is 0 Å². The molecular weight excluding hydrogens is 368 g/mol. The summed E-state index contributed by atoms with van der Waals surface area (Å²) in [5.74, 6) is 0. The second-order valence-corrected chi connectivity index (χ2v) is 8.98. The van der Waals surface area contributed by atoms with E-state index in [1.807, 2.05) is 0 Å². The Balaban J connectivity index is 1.68. The van der Waals surface area contributed by atoms with Gasteiger partial charge in [0.15, 0.2) is 0 Å². The SMILES string of the molecule is c1ccc(CC2(Cc3ccccc3)CCNCCN3CCCNCCN2CC3)cc1. The van der Waals surface area contributed by atoms with Crippen molar-refractivity contribution >= 4 is 0 Å². The van der Waals surface area contributed by atoms with Gasteiger partial charge in [-0.3, -0.25) is 4.90 Å². The van der Waals surface area contributed by atoms with Gasteiger partial charge >= 0.3 is 0 Å². The van der Waals surface area contributed by atoms with Gasteiger partial charge in [-0.25, -0.2) is 0 Å². The van der Waals surface area contributed by atoms with Crippen molar-refractivity contribution < 1.29 is 0 Å². The molecule has 2 bridgehead atoms. The molecule has 2 fully saturated rings. The zero-order valence-corrected chi connectivity index (χ0v) is 18.4. The Hall–Kier alpha value is -1.72. The summed E-state index contributed by atoms with van der Waals surface area (Å²) < 4.78 is 0. The van der Waals surface area contributed by atoms with Gasteiger partial charge in [-0.05, 0) is 56.4 Å². The first-order valence-electron chi connectivity index (χ1n) is 11.8. The number of benzene rings is 2. The van der Waals surface area contributed by atoms with Crippen molar-refractivity contribution in [3.63, 3.8) is 0 Å². The summed E-state index contributed by atoms with van der Waals surface area (Å²) in [7, 11) is 0. The molecule has 4 heteroatoms. The fourth-order valence-electron chi connectivity index (χ4n) is 5.21. The maximum absolute atomic E-state index is 3.77. The molecule has 0 saturated carbocycles. The van der Waals surface area contributed by atoms with Gasteiger partial charge in [0.25, 0.3) is 0 Å². The Kier molecular flexibility index (Phi) is 7.93. The van der Waals surface area contributed by atoms with Gasteiger partial charge in [0.2, 0.25) is 0 Å². The molecule has 2 aliphatic heterocycles. The summed E-state index contributed by atoms with van der Waals surface area (Å²) in [5.41, 5.74) is 3.03. The Bertz CT molecular complexity index is 690. The smallest absolute Gasteiger partial charge is 0.0303 e. The van der Waals surface area contributed by atoms with Gasteiger partial charge in [-0.2, -0.15) is 0 Å². The molecule has 2 atom stereocenters. The average molecular weight is 407 g/mol. The fraction of sp³-hybridized carbons (Fsp3) is 0.538. The Labute approximate surface area is 182 Å². The van der Waals surface area contributed by atoms with E-state index in [-0.39, 0.29) is 5.54 Å². The minimum Gasteiger partial charge on any atom is -0.315 e. The number of rotatable bonds is 4. The van der Waals surface area contributed by atoms with Crippen LogP contribution in [0.15, 0.2) is 60.7 Å². The van der Waals surface area contributed by atoms with Crippen molar-refractivity contribution in [2.75, 3.05) is 58.9 Å². The lowest BCUT2D eigenvalue weighted by Gasteiger charge is -2.47. The van der Waals surface area contributed by atoms with Crippen molar-refractivity contribution in [3.05, 3.63) is 71.8 Å². The van der Waals surface area contributed by atoms with Gasteiger partial charge in [0, 0.05) is 44.8 Å². The van der Waals surface area contributed by atoms with E-state index in [2.05, 4.69) is 81.1 Å². The molecule has 0 radical (unpaired) electrons. The highest BCUT2D eigenvalue weighted by atomic mass is 15.3. The highest BCUT2D eigenvalue weighted by Crippen LogP contribution is 2.30. The van der Waals surface area contributed by atoms with Crippen LogP contribution in [0.1, 0.15) is 24.0 Å². The number of hydrogen-bond acceptors (Lipinski definition) is 4. The maximum Gasteiger partial charge on any atom is 0.0303 e. The minimum absolute atomic E-state index is 0.125. The van der Waals surface area contributed by atoms with Crippen LogP contribution < -0.4 is 10.6 Å². The zero-order chi connectivity index (χ0) is 20.5. The lowest BCUT2D eigenvalue weighted by molar-refractivity contribution is 0.0575. The summed E-state index contributed by atoms with van der Waals surface area (Å²) in [6.45, 7) is 10.2. The van der Waals surface area contributed by atoms with Crippen LogP contribution >= 0.6 is 0 Å². The molecule has 2 unspecified atom stereocenters. The van der Waals surface area contributed by atoms with Crippen molar-refractivity contribution in [2.24, 2.45) is 0 Å². The van der Waals surface area contributed by atoms with Crippen molar-refractivity contribution in [2.45, 2.75) is 31.2 Å². The topological polar surface area (TPSA) is 30.5 Å². The predicted molar refractivity (Wildman–Crippen MR) is 126 cm³/mol. The number of hydrogen-bond donors (Lipinski definition) is 2. The first-order chi connectivity index (χ1) is 14.8. The molecule has 2 aromatic rings. The van der Waals surface area contributed by atoms with Crippen LogP contribution in [0.4, 0.5) is 0 Å². The molecule has 2 aromatic carbocycles. The van der Waals surface area contributed by atoms with E-state index in [4.69, 9.17) is 0 Å². The summed E-state index contributed by atoms with van der Waals surface area (Å²) in [5, 5.41) is 7.47. The Morgan fingerprint density at radius 3 is 1.97 bits per heavy atom. The lowest BCUT2D eigenvalue weighted by atomic mass is 9.80. The van der Waals surface area contributed by atoms with E-state index in [1.165, 1.54) is 37.1 Å². The second-order valence-electron chi connectivity index (χ2n) is 8.98. The highest BCUT2D eigenvalue weighted by Gasteiger charge is 2.37. The van der Waals surface area contributed by atoms with E-state index in [1.54, 1.807) is 0 Å². The van der Waals surface area contributed by atoms with E-state index in [9.17, 15) is 0 Å². The van der Waals surface area contributed by atoms with E-state index >= 15 is 0 Å². The van der Waals surface area contributed by atoms with Crippen LogP contribution in [0.2, 0.25) is 0 Å². The molecule has 0 amide bonds. The molecule has 30 heavy (non-hydrogen) atoms. The highest BCUT2D eigenvalue weighted by molar-refractivity contribution is 5.23. The van der Waals surface area contributed by atoms with Crippen LogP contribution in [0.25, 0.3) is 0 Å². The lowest BCUT2D eigenvalue weighted by Crippen LogP contribution is -2.58. The van der Waals surface area contributed by atoms with Gasteiger partial charge in [-0.1, -0.05) is 60.7 Å². The first kappa shape index (κ1) is 21.5. The normalized spacial score (nSPS) is 25.5. The summed E-state index contributed by atoms with van der Waals surface area (Å²) in [6.07, 6.45) is 4.63. The third-order valence-electron chi connectivity index (χ3n) is 6.87. The van der Waals surface area contributed by atoms with Crippen LogP contribution in [0.3, 0.4) is 0 Å². The molecule has 0 spiro atoms. The maximum atomic E-state index is 3.77. The number of nitrogens with one attached hydrogen (secondary N) is 2. The molecule has 0 aliphatic carbocycles. The van der Waals surface area contributed by atoms with Crippen molar-refractivity contribution in [1.82, 2.24) is 20.4 Å². The standard InChI is InChI=1S/C26H38N4/c1-3-8-24(9-4-1)22-26(23-25-10-5-2-6-11-25)12-14-28-15-18-29-17-7-13-27-16-19-30(26)21-20-29/h1-6,8-11,27-28H,7,12-23H2. The van der Waals surface area contributed by atoms with Crippen LogP contribution in [0, 0.1) is 0 Å². The Morgan fingerprint density at radius 1 is 0.633 bits per heavy atom. The number of nitrogens with zero attached hydrogens (tertiary/aromatic N) is 2. The molecule has 2 aliphatic rings. The fourth-order valence-corrected chi connectivity index (χ4v) is 5.21. The molecular formula is C26H38N4. The quantitative estimate of drug-likeness (QED) is 0.817. The van der Waals surface area contributed by atoms with Gasteiger partial charge in [-0.15, -0.1) is 0 Å². The van der Waals surface area contributed by atoms with Gasteiger partial charge in [0.1, 0.15) is 0 Å². The molecule has 2 heterocycles. The Morgan fingerprint density at radius 2 is 1.27 bits per heavy atom. The zero-order valence-electron chi connectivity index (χ0n) is 18.4. The summed E-state index contributed by atoms with van der Waals surface area (Å²) >= 11 is 0. The van der Waals surface area contributed by atoms with E-state index in [0.717, 1.165) is 58.7 Å². The molecule has 2 N–H and O–H groups in total. The third-order valence-corrected chi connectivity index (χ3v) is 6.87. The first-order valence-corrected chi connectivity index (χ1v) is 11.8. The van der Waals surface area contributed by atoms with Crippen LogP contribution in [-0.4, -0.2) is 74.2 Å². The molecule has 4 rings (SSSR count). The van der Waals surface area contributed by atoms with Crippen molar-refractivity contribution in [1.29, 1.82) is 0 Å². The predicted octanol–water partition coefficient (Wildman–Crippen LogP) is 2.80. The molecule has 0 aromatic heterocycles. The van der Waals surface area contributed by atoms with Gasteiger partial charge < -0.3 is 15.5 Å². The largest absolute Gasteiger partial charge is 0.315 e. The molecule has 4 nitrogen and oxygen atoms in total. The minimum atomic E-state index is 0.125. The van der Waals surface area contributed by atoms with E-state index in [0.29, 0.717) is 0 Å². The summed E-state index contributed by atoms with van der Waals surface area (Å²) in [4.78, 5) is 5.49. The summed E-state index contributed by atoms with van der Waals surface area (Å²) in [6, 6.07) is 22.3. The molecule has 162 valence electrons. The molecule has 2 saturated heterocycles.